The molecule has 5 heteroatoms. The van der Waals surface area contributed by atoms with Crippen LogP contribution in [0.4, 0.5) is 0 Å². The van der Waals surface area contributed by atoms with Gasteiger partial charge in [0.2, 0.25) is 0 Å². The van der Waals surface area contributed by atoms with Gasteiger partial charge < -0.3 is 14.3 Å². The molecule has 1 unspecified atom stereocenters. The third-order valence-electron chi connectivity index (χ3n) is 5.01. The summed E-state index contributed by atoms with van der Waals surface area (Å²) in [5, 5.41) is 9.02. The molecule has 0 fully saturated rings. The summed E-state index contributed by atoms with van der Waals surface area (Å²) in [6, 6.07) is 0. The van der Waals surface area contributed by atoms with Crippen molar-refractivity contribution in [3.8, 4) is 0 Å². The average Bonchev–Trinajstić information content (AvgIpc) is 2.71. The summed E-state index contributed by atoms with van der Waals surface area (Å²) in [6.45, 7) is 2.72. The summed E-state index contributed by atoms with van der Waals surface area (Å²) < 4.78 is 5.97. The molecule has 0 radical (unpaired) electrons. The number of rotatable bonds is 20. The molecular formula is C28H48NO4+. The van der Waals surface area contributed by atoms with E-state index in [1.54, 1.807) is 0 Å². The van der Waals surface area contributed by atoms with E-state index in [0.29, 0.717) is 17.4 Å². The van der Waals surface area contributed by atoms with E-state index in [4.69, 9.17) is 9.84 Å². The summed E-state index contributed by atoms with van der Waals surface area (Å²) >= 11 is 0. The summed E-state index contributed by atoms with van der Waals surface area (Å²) in [5.74, 6) is -1.22. The van der Waals surface area contributed by atoms with E-state index in [1.807, 2.05) is 27.2 Å². The molecule has 0 aromatic carbocycles. The van der Waals surface area contributed by atoms with Gasteiger partial charge in [-0.2, -0.15) is 0 Å². The summed E-state index contributed by atoms with van der Waals surface area (Å²) in [5.41, 5.74) is 0. The Balaban J connectivity index is 3.77. The average molecular weight is 463 g/mol. The lowest BCUT2D eigenvalue weighted by molar-refractivity contribution is -0.873. The quantitative estimate of drug-likeness (QED) is 0.0956. The first-order chi connectivity index (χ1) is 15.7. The lowest BCUT2D eigenvalue weighted by Crippen LogP contribution is -2.43. The van der Waals surface area contributed by atoms with Gasteiger partial charge >= 0.3 is 11.9 Å². The Morgan fingerprint density at radius 1 is 0.788 bits per heavy atom. The molecule has 1 N–H and O–H groups in total. The maximum Gasteiger partial charge on any atom is 0.307 e. The molecule has 0 aliphatic rings. The predicted octanol–water partition coefficient (Wildman–Crippen LogP) is 6.61. The first-order valence-corrected chi connectivity index (χ1v) is 12.6. The molecular weight excluding hydrogens is 414 g/mol. The Morgan fingerprint density at radius 2 is 1.30 bits per heavy atom. The number of likely N-dealkylation sites (N-methyl/N-ethyl adjacent to an activating group) is 1. The van der Waals surface area contributed by atoms with Gasteiger partial charge in [-0.15, -0.1) is 0 Å². The van der Waals surface area contributed by atoms with Crippen LogP contribution < -0.4 is 0 Å². The molecule has 188 valence electrons. The molecule has 0 aromatic heterocycles. The van der Waals surface area contributed by atoms with Crippen LogP contribution in [0.15, 0.2) is 48.6 Å². The number of hydrogen-bond acceptors (Lipinski definition) is 3. The number of aliphatic carboxylic acids is 1. The van der Waals surface area contributed by atoms with Crippen LogP contribution in [0.3, 0.4) is 0 Å². The van der Waals surface area contributed by atoms with E-state index >= 15 is 0 Å². The number of esters is 1. The van der Waals surface area contributed by atoms with Gasteiger partial charge in [-0.3, -0.25) is 9.59 Å². The van der Waals surface area contributed by atoms with E-state index < -0.39 is 12.1 Å². The fourth-order valence-electron chi connectivity index (χ4n) is 3.37. The molecule has 0 rings (SSSR count). The molecule has 0 aromatic rings. The van der Waals surface area contributed by atoms with Crippen LogP contribution >= 0.6 is 0 Å². The van der Waals surface area contributed by atoms with Crippen molar-refractivity contribution in [3.05, 3.63) is 48.6 Å². The topological polar surface area (TPSA) is 63.6 Å². The zero-order chi connectivity index (χ0) is 24.8. The second-order valence-electron chi connectivity index (χ2n) is 9.61. The smallest absolute Gasteiger partial charge is 0.307 e. The van der Waals surface area contributed by atoms with Gasteiger partial charge in [0.05, 0.1) is 27.6 Å². The van der Waals surface area contributed by atoms with E-state index in [-0.39, 0.29) is 12.4 Å². The van der Waals surface area contributed by atoms with Gasteiger partial charge in [-0.1, -0.05) is 87.6 Å². The van der Waals surface area contributed by atoms with Gasteiger partial charge in [0.15, 0.2) is 6.10 Å². The number of carboxylic acid groups (broad SMARTS) is 1. The van der Waals surface area contributed by atoms with E-state index in [1.165, 1.54) is 19.3 Å². The highest BCUT2D eigenvalue weighted by Crippen LogP contribution is 2.11. The third-order valence-corrected chi connectivity index (χ3v) is 5.01. The minimum atomic E-state index is -0.937. The zero-order valence-electron chi connectivity index (χ0n) is 21.5. The maximum absolute atomic E-state index is 12.0. The van der Waals surface area contributed by atoms with Crippen molar-refractivity contribution in [2.45, 2.75) is 90.1 Å². The minimum absolute atomic E-state index is 0.142. The molecule has 0 heterocycles. The van der Waals surface area contributed by atoms with Crippen LogP contribution in [0.2, 0.25) is 0 Å². The van der Waals surface area contributed by atoms with Crippen LogP contribution in [-0.2, 0) is 14.3 Å². The highest BCUT2D eigenvalue weighted by Gasteiger charge is 2.24. The van der Waals surface area contributed by atoms with E-state index in [0.717, 1.165) is 44.9 Å². The molecule has 0 saturated heterocycles. The van der Waals surface area contributed by atoms with E-state index in [9.17, 15) is 9.59 Å². The van der Waals surface area contributed by atoms with Gasteiger partial charge in [0, 0.05) is 6.42 Å². The van der Waals surface area contributed by atoms with Crippen molar-refractivity contribution in [2.75, 3.05) is 27.7 Å². The monoisotopic (exact) mass is 462 g/mol. The molecule has 33 heavy (non-hydrogen) atoms. The number of hydrogen-bond donors (Lipinski definition) is 1. The second kappa shape index (κ2) is 20.5. The first kappa shape index (κ1) is 30.9. The fraction of sp³-hybridized carbons (Fsp3) is 0.643. The predicted molar refractivity (Wildman–Crippen MR) is 138 cm³/mol. The maximum atomic E-state index is 12.0. The van der Waals surface area contributed by atoms with Gasteiger partial charge in [-0.05, 0) is 32.1 Å². The van der Waals surface area contributed by atoms with Gasteiger partial charge in [0.1, 0.15) is 6.54 Å². The second-order valence-corrected chi connectivity index (χ2v) is 9.61. The lowest BCUT2D eigenvalue weighted by Gasteiger charge is -2.28. The number of carboxylic acids is 1. The fourth-order valence-corrected chi connectivity index (χ4v) is 3.37. The highest BCUT2D eigenvalue weighted by atomic mass is 16.5. The van der Waals surface area contributed by atoms with Crippen LogP contribution in [0, 0.1) is 0 Å². The van der Waals surface area contributed by atoms with Crippen LogP contribution in [0.25, 0.3) is 0 Å². The Morgan fingerprint density at radius 3 is 1.85 bits per heavy atom. The van der Waals surface area contributed by atoms with Crippen molar-refractivity contribution in [2.24, 2.45) is 0 Å². The molecule has 0 aliphatic carbocycles. The number of carbonyl (C=O) groups excluding carboxylic acids is 1. The number of allylic oxidation sites excluding steroid dienone is 8. The number of unbranched alkanes of at least 4 members (excludes halogenated alkanes) is 8. The largest absolute Gasteiger partial charge is 0.481 e. The lowest BCUT2D eigenvalue weighted by atomic mass is 10.1. The molecule has 1 atom stereocenters. The number of carbonyl (C=O) groups is 2. The van der Waals surface area contributed by atoms with Crippen molar-refractivity contribution in [1.29, 1.82) is 0 Å². The van der Waals surface area contributed by atoms with Crippen molar-refractivity contribution in [3.63, 3.8) is 0 Å². The molecule has 0 amide bonds. The molecule has 0 bridgehead atoms. The SMILES string of the molecule is CCCCC/C=C/C=C/C=C/C=C/CCCCCCCC(=O)OC(CC(=O)O)C[N+](C)(C)C. The van der Waals surface area contributed by atoms with E-state index in [2.05, 4.69) is 49.5 Å². The molecule has 0 spiro atoms. The standard InChI is InChI=1S/C28H47NO4/c1-5-6-7-8-9-10-11-12-13-14-15-16-17-18-19-20-21-22-23-28(32)33-26(24-27(30)31)25-29(2,3)4/h9-16,26H,5-8,17-25H2,1-4H3/p+1/b10-9+,12-11+,14-13+,16-15+. The highest BCUT2D eigenvalue weighted by molar-refractivity contribution is 5.71. The summed E-state index contributed by atoms with van der Waals surface area (Å²) in [4.78, 5) is 23.0. The van der Waals surface area contributed by atoms with Crippen molar-refractivity contribution >= 4 is 11.9 Å². The van der Waals surface area contributed by atoms with Crippen molar-refractivity contribution in [1.82, 2.24) is 0 Å². The van der Waals surface area contributed by atoms with Crippen LogP contribution in [0.5, 0.6) is 0 Å². The van der Waals surface area contributed by atoms with Crippen molar-refractivity contribution < 1.29 is 23.9 Å². The molecule has 0 aliphatic heterocycles. The van der Waals surface area contributed by atoms with Crippen LogP contribution in [0.1, 0.15) is 84.0 Å². The zero-order valence-corrected chi connectivity index (χ0v) is 21.5. The van der Waals surface area contributed by atoms with Gasteiger partial charge in [0.25, 0.3) is 0 Å². The molecule has 5 nitrogen and oxygen atoms in total. The molecule has 0 saturated carbocycles. The summed E-state index contributed by atoms with van der Waals surface area (Å²) in [6.07, 6.45) is 27.8. The number of nitrogens with zero attached hydrogens (tertiary/aromatic N) is 1. The number of ether oxygens (including phenoxy) is 1. The van der Waals surface area contributed by atoms with Gasteiger partial charge in [-0.25, -0.2) is 0 Å². The Bertz CT molecular complexity index is 626. The van der Waals surface area contributed by atoms with Crippen LogP contribution in [-0.4, -0.2) is 55.3 Å². The Hall–Kier alpha value is -2.14. The number of quaternary nitrogens is 1. The summed E-state index contributed by atoms with van der Waals surface area (Å²) in [7, 11) is 5.88. The normalized spacial score (nSPS) is 13.6. The third kappa shape index (κ3) is 24.3. The Labute approximate surface area is 202 Å². The Kier molecular flexibility index (Phi) is 19.1. The first-order valence-electron chi connectivity index (χ1n) is 12.6. The minimum Gasteiger partial charge on any atom is -0.481 e.